The molecule has 1 N–H and O–H groups in total. The van der Waals surface area contributed by atoms with E-state index in [1.165, 1.54) is 12.8 Å². The Hall–Kier alpha value is -2.44. The van der Waals surface area contributed by atoms with Crippen molar-refractivity contribution in [1.29, 1.82) is 0 Å². The van der Waals surface area contributed by atoms with Crippen molar-refractivity contribution in [2.24, 2.45) is 0 Å². The molecule has 2 aliphatic rings. The van der Waals surface area contributed by atoms with Crippen LogP contribution in [0.4, 0.5) is 0 Å². The third-order valence-electron chi connectivity index (χ3n) is 6.67. The third kappa shape index (κ3) is 4.07. The van der Waals surface area contributed by atoms with Gasteiger partial charge < -0.3 is 14.8 Å². The van der Waals surface area contributed by atoms with Crippen LogP contribution >= 0.6 is 0 Å². The Morgan fingerprint density at radius 1 is 1.20 bits per heavy atom. The summed E-state index contributed by atoms with van der Waals surface area (Å²) in [5.74, 6) is 0.653. The lowest BCUT2D eigenvalue weighted by Gasteiger charge is -2.47. The molecule has 1 aliphatic heterocycles. The fourth-order valence-corrected chi connectivity index (χ4v) is 5.00. The van der Waals surface area contributed by atoms with Crippen molar-refractivity contribution >= 4 is 5.91 Å². The van der Waals surface area contributed by atoms with Crippen molar-refractivity contribution in [3.63, 3.8) is 0 Å². The SMILES string of the molecule is COc1ccc(C(=O)NC(C)C2(N3CCOCC3)CCCC2)cc1-c1ccccn1. The summed E-state index contributed by atoms with van der Waals surface area (Å²) in [5, 5.41) is 3.31. The molecule has 1 unspecified atom stereocenters. The van der Waals surface area contributed by atoms with Crippen LogP contribution in [0.2, 0.25) is 0 Å². The van der Waals surface area contributed by atoms with Crippen LogP contribution in [0.25, 0.3) is 11.3 Å². The van der Waals surface area contributed by atoms with Crippen LogP contribution in [-0.2, 0) is 4.74 Å². The van der Waals surface area contributed by atoms with Crippen LogP contribution in [0.1, 0.15) is 43.0 Å². The number of hydrogen-bond acceptors (Lipinski definition) is 5. The average Bonchev–Trinajstić information content (AvgIpc) is 3.31. The molecule has 1 saturated heterocycles. The van der Waals surface area contributed by atoms with E-state index in [9.17, 15) is 4.79 Å². The number of amides is 1. The lowest BCUT2D eigenvalue weighted by Crippen LogP contribution is -2.62. The molecule has 4 rings (SSSR count). The van der Waals surface area contributed by atoms with Gasteiger partial charge in [0.05, 0.1) is 26.0 Å². The van der Waals surface area contributed by atoms with E-state index in [1.54, 1.807) is 13.3 Å². The van der Waals surface area contributed by atoms with Gasteiger partial charge >= 0.3 is 0 Å². The van der Waals surface area contributed by atoms with Gasteiger partial charge in [-0.25, -0.2) is 0 Å². The van der Waals surface area contributed by atoms with E-state index in [4.69, 9.17) is 9.47 Å². The Labute approximate surface area is 178 Å². The van der Waals surface area contributed by atoms with Gasteiger partial charge in [0, 0.05) is 42.0 Å². The molecule has 0 bridgehead atoms. The molecule has 1 aromatic carbocycles. The van der Waals surface area contributed by atoms with Crippen molar-refractivity contribution in [3.8, 4) is 17.0 Å². The minimum absolute atomic E-state index is 0.0235. The zero-order valence-electron chi connectivity index (χ0n) is 17.9. The fourth-order valence-electron chi connectivity index (χ4n) is 5.00. The highest BCUT2D eigenvalue weighted by molar-refractivity contribution is 5.96. The Morgan fingerprint density at radius 2 is 1.97 bits per heavy atom. The molecule has 2 aromatic rings. The number of pyridine rings is 1. The first-order chi connectivity index (χ1) is 14.6. The molecule has 2 heterocycles. The number of carbonyl (C=O) groups is 1. The first-order valence-corrected chi connectivity index (χ1v) is 10.9. The van der Waals surface area contributed by atoms with Crippen molar-refractivity contribution in [2.75, 3.05) is 33.4 Å². The van der Waals surface area contributed by atoms with E-state index < -0.39 is 0 Å². The van der Waals surface area contributed by atoms with Crippen LogP contribution in [0, 0.1) is 0 Å². The molecule has 0 spiro atoms. The second-order valence-electron chi connectivity index (χ2n) is 8.24. The topological polar surface area (TPSA) is 63.7 Å². The number of carbonyl (C=O) groups excluding carboxylic acids is 1. The number of benzene rings is 1. The highest BCUT2D eigenvalue weighted by Gasteiger charge is 2.45. The van der Waals surface area contributed by atoms with Crippen LogP contribution < -0.4 is 10.1 Å². The Kier molecular flexibility index (Phi) is 6.35. The van der Waals surface area contributed by atoms with Crippen LogP contribution in [-0.4, -0.2) is 60.8 Å². The smallest absolute Gasteiger partial charge is 0.251 e. The third-order valence-corrected chi connectivity index (χ3v) is 6.67. The Morgan fingerprint density at radius 3 is 2.63 bits per heavy atom. The van der Waals surface area contributed by atoms with E-state index in [2.05, 4.69) is 22.1 Å². The first kappa shape index (κ1) is 20.8. The lowest BCUT2D eigenvalue weighted by atomic mass is 9.86. The van der Waals surface area contributed by atoms with E-state index in [0.29, 0.717) is 11.3 Å². The normalized spacial score (nSPS) is 19.9. The number of morpholine rings is 1. The van der Waals surface area contributed by atoms with E-state index >= 15 is 0 Å². The predicted molar refractivity (Wildman–Crippen MR) is 117 cm³/mol. The van der Waals surface area contributed by atoms with Gasteiger partial charge in [-0.05, 0) is 50.1 Å². The summed E-state index contributed by atoms with van der Waals surface area (Å²) in [6.45, 7) is 5.57. The lowest BCUT2D eigenvalue weighted by molar-refractivity contribution is -0.0323. The van der Waals surface area contributed by atoms with E-state index in [1.807, 2.05) is 36.4 Å². The molecule has 1 atom stereocenters. The van der Waals surface area contributed by atoms with Gasteiger partial charge in [0.1, 0.15) is 5.75 Å². The summed E-state index contributed by atoms with van der Waals surface area (Å²) in [6, 6.07) is 11.3. The first-order valence-electron chi connectivity index (χ1n) is 10.9. The van der Waals surface area contributed by atoms with Gasteiger partial charge in [0.25, 0.3) is 5.91 Å². The molecule has 160 valence electrons. The van der Waals surface area contributed by atoms with Gasteiger partial charge in [0.15, 0.2) is 0 Å². The highest BCUT2D eigenvalue weighted by atomic mass is 16.5. The average molecular weight is 410 g/mol. The number of methoxy groups -OCH3 is 1. The van der Waals surface area contributed by atoms with Gasteiger partial charge in [0.2, 0.25) is 0 Å². The molecule has 6 heteroatoms. The maximum Gasteiger partial charge on any atom is 0.251 e. The summed E-state index contributed by atoms with van der Waals surface area (Å²) < 4.78 is 11.1. The number of rotatable bonds is 6. The summed E-state index contributed by atoms with van der Waals surface area (Å²) in [4.78, 5) is 20.2. The molecule has 30 heavy (non-hydrogen) atoms. The van der Waals surface area contributed by atoms with Crippen molar-refractivity contribution in [1.82, 2.24) is 15.2 Å². The molecule has 2 fully saturated rings. The van der Waals surface area contributed by atoms with Crippen LogP contribution in [0.15, 0.2) is 42.6 Å². The molecule has 1 aliphatic carbocycles. The number of nitrogens with one attached hydrogen (secondary N) is 1. The zero-order chi connectivity index (χ0) is 21.0. The number of nitrogens with zero attached hydrogens (tertiary/aromatic N) is 2. The molecule has 6 nitrogen and oxygen atoms in total. The minimum Gasteiger partial charge on any atom is -0.496 e. The van der Waals surface area contributed by atoms with Gasteiger partial charge in [-0.2, -0.15) is 0 Å². The van der Waals surface area contributed by atoms with Gasteiger partial charge in [-0.15, -0.1) is 0 Å². The van der Waals surface area contributed by atoms with Gasteiger partial charge in [-0.1, -0.05) is 18.9 Å². The minimum atomic E-state index is -0.0538. The second kappa shape index (κ2) is 9.14. The van der Waals surface area contributed by atoms with E-state index in [0.717, 1.165) is 50.4 Å². The summed E-state index contributed by atoms with van der Waals surface area (Å²) in [7, 11) is 1.63. The maximum absolute atomic E-state index is 13.2. The van der Waals surface area contributed by atoms with Crippen LogP contribution in [0.5, 0.6) is 5.75 Å². The summed E-state index contributed by atoms with van der Waals surface area (Å²) >= 11 is 0. The molecule has 1 amide bonds. The van der Waals surface area contributed by atoms with Crippen molar-refractivity contribution in [2.45, 2.75) is 44.2 Å². The standard InChI is InChI=1S/C24H31N3O3/c1-18(24(10-4-5-11-24)27-13-15-30-16-14-27)26-23(28)19-8-9-22(29-2)20(17-19)21-7-3-6-12-25-21/h3,6-9,12,17-18H,4-5,10-11,13-16H2,1-2H3,(H,26,28). The van der Waals surface area contributed by atoms with Gasteiger partial charge in [-0.3, -0.25) is 14.7 Å². The molecular formula is C24H31N3O3. The second-order valence-corrected chi connectivity index (χ2v) is 8.24. The largest absolute Gasteiger partial charge is 0.496 e. The highest BCUT2D eigenvalue weighted by Crippen LogP contribution is 2.39. The predicted octanol–water partition coefficient (Wildman–Crippen LogP) is 3.52. The van der Waals surface area contributed by atoms with Crippen molar-refractivity contribution in [3.05, 3.63) is 48.2 Å². The number of hydrogen-bond donors (Lipinski definition) is 1. The zero-order valence-corrected chi connectivity index (χ0v) is 17.9. The Balaban J connectivity index is 1.56. The maximum atomic E-state index is 13.2. The van der Waals surface area contributed by atoms with E-state index in [-0.39, 0.29) is 17.5 Å². The molecule has 0 radical (unpaired) electrons. The fraction of sp³-hybridized carbons (Fsp3) is 0.500. The molecule has 1 saturated carbocycles. The van der Waals surface area contributed by atoms with Crippen LogP contribution in [0.3, 0.4) is 0 Å². The quantitative estimate of drug-likeness (QED) is 0.791. The number of aromatic nitrogens is 1. The summed E-state index contributed by atoms with van der Waals surface area (Å²) in [6.07, 6.45) is 6.41. The Bertz CT molecular complexity index is 859. The summed E-state index contributed by atoms with van der Waals surface area (Å²) in [5.41, 5.74) is 2.26. The molecular weight excluding hydrogens is 378 g/mol. The number of ether oxygens (including phenoxy) is 2. The monoisotopic (exact) mass is 409 g/mol. The molecule has 1 aromatic heterocycles. The van der Waals surface area contributed by atoms with Crippen molar-refractivity contribution < 1.29 is 14.3 Å².